The van der Waals surface area contributed by atoms with E-state index in [4.69, 9.17) is 10.5 Å². The van der Waals surface area contributed by atoms with Crippen molar-refractivity contribution < 1.29 is 41.3 Å². The molecule has 4 N–H and O–H groups in total. The normalized spacial score (nSPS) is 13.0. The first-order chi connectivity index (χ1) is 14.9. The van der Waals surface area contributed by atoms with E-state index in [1.165, 1.54) is 36.4 Å². The molecule has 2 rings (SSSR count). The quantitative estimate of drug-likeness (QED) is 0.481. The molecular weight excluding hydrogens is 440 g/mol. The van der Waals surface area contributed by atoms with Gasteiger partial charge in [0.15, 0.2) is 0 Å². The van der Waals surface area contributed by atoms with Crippen molar-refractivity contribution in [2.45, 2.75) is 30.7 Å². The second kappa shape index (κ2) is 10.4. The average molecular weight is 463 g/mol. The average Bonchev–Trinajstić information content (AvgIpc) is 2.74. The lowest BCUT2D eigenvalue weighted by Gasteiger charge is -2.24. The number of hydrogen-bond donors (Lipinski definition) is 3. The van der Waals surface area contributed by atoms with Crippen LogP contribution in [0.3, 0.4) is 0 Å². The van der Waals surface area contributed by atoms with E-state index in [1.807, 2.05) is 0 Å². The fourth-order valence-electron chi connectivity index (χ4n) is 2.79. The summed E-state index contributed by atoms with van der Waals surface area (Å²) in [6.07, 6.45) is -6.12. The molecule has 0 aromatic heterocycles. The van der Waals surface area contributed by atoms with Gasteiger partial charge in [-0.1, -0.05) is 24.3 Å². The Hall–Kier alpha value is -2.56. The van der Waals surface area contributed by atoms with E-state index in [0.29, 0.717) is 11.1 Å². The van der Waals surface area contributed by atoms with Gasteiger partial charge >= 0.3 is 12.4 Å². The summed E-state index contributed by atoms with van der Waals surface area (Å²) >= 11 is 0. The lowest BCUT2D eigenvalue weighted by atomic mass is 9.93. The van der Waals surface area contributed by atoms with Crippen LogP contribution in [0.4, 0.5) is 26.3 Å². The third-order valence-electron chi connectivity index (χ3n) is 4.77. The minimum atomic E-state index is -4.68. The van der Waals surface area contributed by atoms with Gasteiger partial charge in [-0.25, -0.2) is 0 Å². The highest BCUT2D eigenvalue weighted by Gasteiger charge is 2.35. The first-order valence-corrected chi connectivity index (χ1v) is 9.55. The monoisotopic (exact) mass is 463 g/mol. The molecule has 32 heavy (non-hydrogen) atoms. The van der Waals surface area contributed by atoms with Crippen LogP contribution >= 0.6 is 0 Å². The van der Waals surface area contributed by atoms with Gasteiger partial charge in [-0.05, 0) is 54.3 Å². The van der Waals surface area contributed by atoms with Crippen molar-refractivity contribution in [1.29, 1.82) is 0 Å². The molecule has 0 radical (unpaired) electrons. The summed E-state index contributed by atoms with van der Waals surface area (Å²) in [6, 6.07) is 7.82. The van der Waals surface area contributed by atoms with E-state index in [9.17, 15) is 36.6 Å². The zero-order valence-electron chi connectivity index (χ0n) is 16.9. The lowest BCUT2D eigenvalue weighted by Crippen LogP contribution is -2.47. The van der Waals surface area contributed by atoms with E-state index < -0.39 is 48.0 Å². The molecule has 4 nitrogen and oxygen atoms in total. The van der Waals surface area contributed by atoms with Crippen LogP contribution in [0.1, 0.15) is 28.7 Å². The Morgan fingerprint density at radius 1 is 0.875 bits per heavy atom. The molecule has 0 bridgehead atoms. The molecule has 0 aliphatic carbocycles. The molecule has 0 heterocycles. The lowest BCUT2D eigenvalue weighted by molar-refractivity contribution is -0.139. The standard InChI is InChI=1S/C22H23F6NO3/c23-21(24,25)17-6-3-15(4-7-17)2-1-11-32-19-8-5-16(12-18(19)22(26,27)28)9-10-20(29,13-30)14-31/h1-8,12,30-31H,9-11,13-14,29H2/b2-1+. The molecule has 0 atom stereocenters. The minimum absolute atomic E-state index is 0.0768. The van der Waals surface area contributed by atoms with E-state index in [1.54, 1.807) is 0 Å². The summed E-state index contributed by atoms with van der Waals surface area (Å²) in [4.78, 5) is 0. The van der Waals surface area contributed by atoms with Crippen LogP contribution in [0.15, 0.2) is 48.5 Å². The Morgan fingerprint density at radius 2 is 1.50 bits per heavy atom. The van der Waals surface area contributed by atoms with E-state index in [0.717, 1.165) is 18.2 Å². The fourth-order valence-corrected chi connectivity index (χ4v) is 2.79. The summed E-state index contributed by atoms with van der Waals surface area (Å²) in [6.45, 7) is -1.26. The number of aliphatic hydroxyl groups is 2. The number of benzene rings is 2. The molecule has 0 saturated heterocycles. The van der Waals surface area contributed by atoms with Crippen molar-refractivity contribution in [2.75, 3.05) is 19.8 Å². The van der Waals surface area contributed by atoms with Crippen LogP contribution in [0.25, 0.3) is 6.08 Å². The maximum absolute atomic E-state index is 13.4. The van der Waals surface area contributed by atoms with E-state index >= 15 is 0 Å². The number of hydrogen-bond acceptors (Lipinski definition) is 4. The van der Waals surface area contributed by atoms with Crippen LogP contribution < -0.4 is 10.5 Å². The SMILES string of the molecule is NC(CO)(CO)CCc1ccc(OC/C=C/c2ccc(C(F)(F)F)cc2)c(C(F)(F)F)c1. The minimum Gasteiger partial charge on any atom is -0.489 e. The van der Waals surface area contributed by atoms with Gasteiger partial charge in [0.25, 0.3) is 0 Å². The molecule has 0 amide bonds. The summed E-state index contributed by atoms with van der Waals surface area (Å²) in [5.41, 5.74) is 3.40. The number of aliphatic hydroxyl groups excluding tert-OH is 2. The number of aryl methyl sites for hydroxylation is 1. The molecule has 2 aromatic rings. The zero-order chi connectivity index (χ0) is 24.0. The number of halogens is 6. The Bertz CT molecular complexity index is 903. The maximum Gasteiger partial charge on any atom is 0.419 e. The van der Waals surface area contributed by atoms with Crippen molar-refractivity contribution >= 4 is 6.08 Å². The van der Waals surface area contributed by atoms with Crippen molar-refractivity contribution in [2.24, 2.45) is 5.73 Å². The Labute approximate surface area is 180 Å². The molecule has 0 saturated carbocycles. The molecular formula is C22H23F6NO3. The van der Waals surface area contributed by atoms with Crippen LogP contribution in [0, 0.1) is 0 Å². The molecule has 10 heteroatoms. The first kappa shape index (κ1) is 25.7. The van der Waals surface area contributed by atoms with Gasteiger partial charge in [-0.15, -0.1) is 0 Å². The Balaban J connectivity index is 2.06. The second-order valence-electron chi connectivity index (χ2n) is 7.34. The third kappa shape index (κ3) is 7.25. The van der Waals surface area contributed by atoms with Crippen molar-refractivity contribution in [3.05, 3.63) is 70.8 Å². The molecule has 2 aromatic carbocycles. The topological polar surface area (TPSA) is 75.7 Å². The Kier molecular flexibility index (Phi) is 8.33. The highest BCUT2D eigenvalue weighted by Crippen LogP contribution is 2.37. The predicted octanol–water partition coefficient (Wildman–Crippen LogP) is 4.43. The number of alkyl halides is 6. The molecule has 0 spiro atoms. The molecule has 0 aliphatic rings. The largest absolute Gasteiger partial charge is 0.489 e. The summed E-state index contributed by atoms with van der Waals surface area (Å²) < 4.78 is 83.2. The summed E-state index contributed by atoms with van der Waals surface area (Å²) in [7, 11) is 0. The van der Waals surface area contributed by atoms with Gasteiger partial charge in [-0.2, -0.15) is 26.3 Å². The van der Waals surface area contributed by atoms with Crippen LogP contribution in [0.2, 0.25) is 0 Å². The van der Waals surface area contributed by atoms with Gasteiger partial charge < -0.3 is 20.7 Å². The first-order valence-electron chi connectivity index (χ1n) is 9.55. The smallest absolute Gasteiger partial charge is 0.419 e. The molecule has 0 fully saturated rings. The van der Waals surface area contributed by atoms with Gasteiger partial charge in [-0.3, -0.25) is 0 Å². The van der Waals surface area contributed by atoms with Crippen molar-refractivity contribution in [3.8, 4) is 5.75 Å². The molecule has 176 valence electrons. The van der Waals surface area contributed by atoms with Gasteiger partial charge in [0.05, 0.1) is 29.9 Å². The van der Waals surface area contributed by atoms with Crippen molar-refractivity contribution in [1.82, 2.24) is 0 Å². The summed E-state index contributed by atoms with van der Waals surface area (Å²) in [5, 5.41) is 18.4. The predicted molar refractivity (Wildman–Crippen MR) is 107 cm³/mol. The third-order valence-corrected chi connectivity index (χ3v) is 4.77. The van der Waals surface area contributed by atoms with Crippen LogP contribution in [0.5, 0.6) is 5.75 Å². The Morgan fingerprint density at radius 3 is 2.03 bits per heavy atom. The summed E-state index contributed by atoms with van der Waals surface area (Å²) in [5.74, 6) is -0.401. The number of rotatable bonds is 9. The number of ether oxygens (including phenoxy) is 1. The van der Waals surface area contributed by atoms with E-state index in [-0.39, 0.29) is 19.4 Å². The highest BCUT2D eigenvalue weighted by molar-refractivity contribution is 5.50. The van der Waals surface area contributed by atoms with Crippen LogP contribution in [-0.2, 0) is 18.8 Å². The highest BCUT2D eigenvalue weighted by atomic mass is 19.4. The van der Waals surface area contributed by atoms with Crippen molar-refractivity contribution in [3.63, 3.8) is 0 Å². The van der Waals surface area contributed by atoms with Crippen LogP contribution in [-0.4, -0.2) is 35.6 Å². The maximum atomic E-state index is 13.4. The van der Waals surface area contributed by atoms with Gasteiger partial charge in [0, 0.05) is 0 Å². The second-order valence-corrected chi connectivity index (χ2v) is 7.34. The number of nitrogens with two attached hydrogens (primary N) is 1. The molecule has 0 aliphatic heterocycles. The van der Waals surface area contributed by atoms with Gasteiger partial charge in [0.2, 0.25) is 0 Å². The zero-order valence-corrected chi connectivity index (χ0v) is 16.9. The molecule has 0 unspecified atom stereocenters. The fraction of sp³-hybridized carbons (Fsp3) is 0.364. The van der Waals surface area contributed by atoms with Gasteiger partial charge in [0.1, 0.15) is 12.4 Å². The van der Waals surface area contributed by atoms with E-state index in [2.05, 4.69) is 0 Å².